The molecular formula is C23H40NO5P. The molecule has 0 radical (unpaired) electrons. The van der Waals surface area contributed by atoms with Crippen LogP contribution in [-0.2, 0) is 18.8 Å². The van der Waals surface area contributed by atoms with Gasteiger partial charge in [-0.15, -0.1) is 0 Å². The minimum atomic E-state index is -3.53. The van der Waals surface area contributed by atoms with Crippen LogP contribution < -0.4 is 9.61 Å². The number of hydrogen-bond acceptors (Lipinski definition) is 5. The normalized spacial score (nSPS) is 16.6. The molecule has 1 N–H and O–H groups in total. The molecule has 4 atom stereocenters. The molecule has 6 nitrogen and oxygen atoms in total. The Balaban J connectivity index is 3.25. The Morgan fingerprint density at radius 1 is 1.03 bits per heavy atom. The van der Waals surface area contributed by atoms with Gasteiger partial charge in [0.05, 0.1) is 6.61 Å². The van der Waals surface area contributed by atoms with Crippen molar-refractivity contribution < 1.29 is 23.4 Å². The molecule has 0 saturated carbocycles. The molecule has 172 valence electrons. The lowest BCUT2D eigenvalue weighted by Crippen LogP contribution is -2.36. The maximum absolute atomic E-state index is 13.7. The van der Waals surface area contributed by atoms with E-state index in [0.29, 0.717) is 12.4 Å². The quantitative estimate of drug-likeness (QED) is 0.296. The molecule has 7 heteroatoms. The van der Waals surface area contributed by atoms with Gasteiger partial charge in [-0.2, -0.15) is 0 Å². The lowest BCUT2D eigenvalue weighted by Gasteiger charge is -2.28. The van der Waals surface area contributed by atoms with Crippen LogP contribution in [0.3, 0.4) is 0 Å². The molecule has 0 aliphatic carbocycles. The van der Waals surface area contributed by atoms with Crippen molar-refractivity contribution in [3.05, 3.63) is 29.3 Å². The molecular weight excluding hydrogens is 401 g/mol. The van der Waals surface area contributed by atoms with Crippen LogP contribution in [0, 0.1) is 5.92 Å². The van der Waals surface area contributed by atoms with Gasteiger partial charge in [0.15, 0.2) is 0 Å². The SMILES string of the molecule is CCC(C)c1cccc(C(C)CC)c1OP(=O)(COC)N[C@@H](C)C(=O)OCC(C)C. The molecule has 0 fully saturated rings. The number of rotatable bonds is 13. The second-order valence-corrected chi connectivity index (χ2v) is 10.5. The molecule has 0 aliphatic heterocycles. The Morgan fingerprint density at radius 2 is 1.57 bits per heavy atom. The highest BCUT2D eigenvalue weighted by Gasteiger charge is 2.33. The van der Waals surface area contributed by atoms with E-state index in [-0.39, 0.29) is 24.1 Å². The number of benzene rings is 1. The first-order valence-corrected chi connectivity index (χ1v) is 12.7. The maximum atomic E-state index is 13.7. The Hall–Kier alpha value is -1.36. The van der Waals surface area contributed by atoms with Crippen molar-refractivity contribution >= 4 is 13.5 Å². The van der Waals surface area contributed by atoms with E-state index in [1.165, 1.54) is 7.11 Å². The van der Waals surface area contributed by atoms with Crippen LogP contribution in [0.15, 0.2) is 18.2 Å². The highest BCUT2D eigenvalue weighted by molar-refractivity contribution is 7.57. The summed E-state index contributed by atoms with van der Waals surface area (Å²) in [6.07, 6.45) is 1.71. The number of nitrogens with one attached hydrogen (secondary N) is 1. The lowest BCUT2D eigenvalue weighted by atomic mass is 9.90. The predicted octanol–water partition coefficient (Wildman–Crippen LogP) is 6.07. The van der Waals surface area contributed by atoms with E-state index in [1.54, 1.807) is 6.92 Å². The number of carbonyl (C=O) groups is 1. The van der Waals surface area contributed by atoms with Crippen molar-refractivity contribution in [3.8, 4) is 5.75 Å². The largest absolute Gasteiger partial charge is 0.464 e. The van der Waals surface area contributed by atoms with Gasteiger partial charge in [0, 0.05) is 7.11 Å². The van der Waals surface area contributed by atoms with Gasteiger partial charge in [-0.3, -0.25) is 9.36 Å². The van der Waals surface area contributed by atoms with Gasteiger partial charge < -0.3 is 14.0 Å². The van der Waals surface area contributed by atoms with Gasteiger partial charge >= 0.3 is 13.5 Å². The van der Waals surface area contributed by atoms with E-state index in [1.807, 2.05) is 32.0 Å². The van der Waals surface area contributed by atoms with Gasteiger partial charge in [0.1, 0.15) is 18.1 Å². The fourth-order valence-corrected chi connectivity index (χ4v) is 4.74. The molecule has 0 spiro atoms. The van der Waals surface area contributed by atoms with E-state index in [2.05, 4.69) is 32.8 Å². The van der Waals surface area contributed by atoms with E-state index >= 15 is 0 Å². The van der Waals surface area contributed by atoms with Gasteiger partial charge in [-0.25, -0.2) is 5.09 Å². The summed E-state index contributed by atoms with van der Waals surface area (Å²) >= 11 is 0. The van der Waals surface area contributed by atoms with Crippen LogP contribution in [0.5, 0.6) is 5.75 Å². The summed E-state index contributed by atoms with van der Waals surface area (Å²) < 4.78 is 30.4. The maximum Gasteiger partial charge on any atom is 0.342 e. The van der Waals surface area contributed by atoms with Gasteiger partial charge in [-0.05, 0) is 48.6 Å². The highest BCUT2D eigenvalue weighted by atomic mass is 31.2. The van der Waals surface area contributed by atoms with Crippen molar-refractivity contribution in [1.82, 2.24) is 5.09 Å². The molecule has 3 unspecified atom stereocenters. The summed E-state index contributed by atoms with van der Waals surface area (Å²) in [4.78, 5) is 12.3. The smallest absolute Gasteiger partial charge is 0.342 e. The van der Waals surface area contributed by atoms with Crippen molar-refractivity contribution in [3.63, 3.8) is 0 Å². The first-order valence-electron chi connectivity index (χ1n) is 10.9. The molecule has 0 aliphatic rings. The van der Waals surface area contributed by atoms with Crippen molar-refractivity contribution in [2.45, 2.75) is 79.2 Å². The number of carbonyl (C=O) groups excluding carboxylic acids is 1. The van der Waals surface area contributed by atoms with Crippen LogP contribution in [0.4, 0.5) is 0 Å². The third kappa shape index (κ3) is 7.72. The topological polar surface area (TPSA) is 73.9 Å². The fraction of sp³-hybridized carbons (Fsp3) is 0.696. The first-order chi connectivity index (χ1) is 14.1. The van der Waals surface area contributed by atoms with Crippen molar-refractivity contribution in [2.24, 2.45) is 5.92 Å². The molecule has 1 aromatic carbocycles. The number of para-hydroxylation sites is 1. The molecule has 1 aromatic rings. The monoisotopic (exact) mass is 441 g/mol. The van der Waals surface area contributed by atoms with Gasteiger partial charge in [0.2, 0.25) is 0 Å². The molecule has 30 heavy (non-hydrogen) atoms. The highest BCUT2D eigenvalue weighted by Crippen LogP contribution is 2.48. The lowest BCUT2D eigenvalue weighted by molar-refractivity contribution is -0.146. The number of esters is 1. The third-order valence-corrected chi connectivity index (χ3v) is 7.06. The molecule has 1 rings (SSSR count). The summed E-state index contributed by atoms with van der Waals surface area (Å²) in [7, 11) is -2.06. The van der Waals surface area contributed by atoms with E-state index in [4.69, 9.17) is 14.0 Å². The van der Waals surface area contributed by atoms with Crippen LogP contribution >= 0.6 is 7.52 Å². The number of methoxy groups -OCH3 is 1. The van der Waals surface area contributed by atoms with E-state index in [9.17, 15) is 9.36 Å². The van der Waals surface area contributed by atoms with Crippen molar-refractivity contribution in [1.29, 1.82) is 0 Å². The van der Waals surface area contributed by atoms with Gasteiger partial charge in [0.25, 0.3) is 0 Å². The summed E-state index contributed by atoms with van der Waals surface area (Å²) in [6, 6.07) is 5.28. The summed E-state index contributed by atoms with van der Waals surface area (Å²) in [5, 5.41) is 2.87. The Labute approximate surface area is 182 Å². The minimum Gasteiger partial charge on any atom is -0.464 e. The molecule has 0 amide bonds. The van der Waals surface area contributed by atoms with Crippen LogP contribution in [0.25, 0.3) is 0 Å². The standard InChI is InChI=1S/C23H40NO5P/c1-9-17(5)20-12-11-13-21(18(6)10-2)22(20)29-30(26,15-27-8)24-19(7)23(25)28-14-16(3)4/h11-13,16-19H,9-10,14-15H2,1-8H3,(H,24,26)/t17?,18?,19-,30?/m0/s1. The second kappa shape index (κ2) is 12.5. The predicted molar refractivity (Wildman–Crippen MR) is 122 cm³/mol. The van der Waals surface area contributed by atoms with Crippen LogP contribution in [0.1, 0.15) is 84.3 Å². The fourth-order valence-electron chi connectivity index (χ4n) is 3.02. The summed E-state index contributed by atoms with van der Waals surface area (Å²) in [5.74, 6) is 0.892. The second-order valence-electron chi connectivity index (χ2n) is 8.44. The average molecular weight is 442 g/mol. The molecule has 0 saturated heterocycles. The Bertz CT molecular complexity index is 693. The van der Waals surface area contributed by atoms with Crippen LogP contribution in [0.2, 0.25) is 0 Å². The molecule has 0 bridgehead atoms. The minimum absolute atomic E-state index is 0.149. The van der Waals surface area contributed by atoms with Crippen LogP contribution in [-0.4, -0.2) is 32.1 Å². The third-order valence-electron chi connectivity index (χ3n) is 5.20. The van der Waals surface area contributed by atoms with E-state index < -0.39 is 19.5 Å². The summed E-state index contributed by atoms with van der Waals surface area (Å²) in [5.41, 5.74) is 2.03. The number of hydrogen-bond donors (Lipinski definition) is 1. The Kier molecular flexibility index (Phi) is 11.1. The molecule has 0 heterocycles. The number of ether oxygens (including phenoxy) is 2. The average Bonchev–Trinajstić information content (AvgIpc) is 2.70. The van der Waals surface area contributed by atoms with E-state index in [0.717, 1.165) is 24.0 Å². The van der Waals surface area contributed by atoms with Gasteiger partial charge in [-0.1, -0.05) is 59.7 Å². The zero-order valence-corrected chi connectivity index (χ0v) is 20.8. The summed E-state index contributed by atoms with van der Waals surface area (Å²) in [6.45, 7) is 14.4. The zero-order chi connectivity index (χ0) is 22.9. The Morgan fingerprint density at radius 3 is 2.00 bits per heavy atom. The molecule has 0 aromatic heterocycles. The van der Waals surface area contributed by atoms with Crippen molar-refractivity contribution in [2.75, 3.05) is 20.1 Å². The zero-order valence-electron chi connectivity index (χ0n) is 19.9. The first kappa shape index (κ1) is 26.7.